The molecule has 162 valence electrons. The largest absolute Gasteiger partial charge is 0.352 e. The third kappa shape index (κ3) is 6.34. The quantitative estimate of drug-likeness (QED) is 0.679. The second-order valence-corrected chi connectivity index (χ2v) is 8.47. The lowest BCUT2D eigenvalue weighted by atomic mass is 9.96. The van der Waals surface area contributed by atoms with Gasteiger partial charge in [0.25, 0.3) is 0 Å². The Morgan fingerprint density at radius 1 is 1.00 bits per heavy atom. The molecule has 31 heavy (non-hydrogen) atoms. The molecule has 1 saturated heterocycles. The summed E-state index contributed by atoms with van der Waals surface area (Å²) in [5, 5.41) is 2.84. The van der Waals surface area contributed by atoms with Gasteiger partial charge in [0.1, 0.15) is 5.82 Å². The number of carbonyl (C=O) groups is 1. The van der Waals surface area contributed by atoms with Crippen LogP contribution in [0.5, 0.6) is 0 Å². The van der Waals surface area contributed by atoms with Crippen molar-refractivity contribution in [2.24, 2.45) is 4.99 Å². The molecule has 2 heterocycles. The summed E-state index contributed by atoms with van der Waals surface area (Å²) in [4.78, 5) is 19.3. The first-order valence-electron chi connectivity index (χ1n) is 11.2. The SMILES string of the molecule is O=C(CC1=NC=C(c2ccc(CN3CCCCC3)cc2)CC1)NCc1cccc(F)c1. The molecule has 2 aliphatic heterocycles. The van der Waals surface area contributed by atoms with Crippen LogP contribution >= 0.6 is 0 Å². The summed E-state index contributed by atoms with van der Waals surface area (Å²) >= 11 is 0. The van der Waals surface area contributed by atoms with Crippen LogP contribution in [0.3, 0.4) is 0 Å². The molecule has 5 heteroatoms. The second kappa shape index (κ2) is 10.5. The first-order valence-corrected chi connectivity index (χ1v) is 11.2. The van der Waals surface area contributed by atoms with E-state index in [-0.39, 0.29) is 18.1 Å². The molecular formula is C26H30FN3O. The van der Waals surface area contributed by atoms with Crippen molar-refractivity contribution in [2.45, 2.75) is 51.6 Å². The van der Waals surface area contributed by atoms with Gasteiger partial charge in [-0.2, -0.15) is 0 Å². The monoisotopic (exact) mass is 419 g/mol. The second-order valence-electron chi connectivity index (χ2n) is 8.47. The van der Waals surface area contributed by atoms with E-state index in [4.69, 9.17) is 0 Å². The summed E-state index contributed by atoms with van der Waals surface area (Å²) in [6.45, 7) is 3.78. The Balaban J connectivity index is 1.28. The zero-order valence-electron chi connectivity index (χ0n) is 17.9. The topological polar surface area (TPSA) is 44.7 Å². The van der Waals surface area contributed by atoms with Crippen LogP contribution in [0.15, 0.2) is 59.7 Å². The van der Waals surface area contributed by atoms with Crippen molar-refractivity contribution >= 4 is 17.2 Å². The smallest absolute Gasteiger partial charge is 0.225 e. The number of amides is 1. The fraction of sp³-hybridized carbons (Fsp3) is 0.385. The molecule has 0 spiro atoms. The van der Waals surface area contributed by atoms with E-state index in [0.29, 0.717) is 6.54 Å². The lowest BCUT2D eigenvalue weighted by molar-refractivity contribution is -0.120. The van der Waals surface area contributed by atoms with Crippen molar-refractivity contribution in [1.29, 1.82) is 0 Å². The number of halogens is 1. The lowest BCUT2D eigenvalue weighted by Crippen LogP contribution is -2.29. The number of rotatable bonds is 7. The standard InChI is InChI=1S/C26H30FN3O/c27-24-6-4-5-21(15-24)17-29-26(31)16-25-12-11-23(18-28-25)22-9-7-20(8-10-22)19-30-13-2-1-3-14-30/h4-10,15,18H,1-3,11-14,16-17,19H2,(H,29,31). The summed E-state index contributed by atoms with van der Waals surface area (Å²) in [7, 11) is 0. The lowest BCUT2D eigenvalue weighted by Gasteiger charge is -2.26. The average Bonchev–Trinajstić information content (AvgIpc) is 2.80. The van der Waals surface area contributed by atoms with E-state index < -0.39 is 0 Å². The Hall–Kier alpha value is -2.79. The summed E-state index contributed by atoms with van der Waals surface area (Å²) in [6, 6.07) is 15.1. The summed E-state index contributed by atoms with van der Waals surface area (Å²) in [5.41, 5.74) is 5.43. The van der Waals surface area contributed by atoms with Crippen molar-refractivity contribution in [3.63, 3.8) is 0 Å². The molecule has 0 saturated carbocycles. The molecule has 0 unspecified atom stereocenters. The van der Waals surface area contributed by atoms with Gasteiger partial charge in [-0.15, -0.1) is 0 Å². The Morgan fingerprint density at radius 3 is 2.52 bits per heavy atom. The van der Waals surface area contributed by atoms with Crippen LogP contribution in [0.25, 0.3) is 5.57 Å². The molecule has 2 aromatic rings. The Kier molecular flexibility index (Phi) is 7.26. The number of allylic oxidation sites excluding steroid dienone is 1. The van der Waals surface area contributed by atoms with E-state index in [2.05, 4.69) is 39.5 Å². The molecule has 2 aromatic carbocycles. The number of carbonyl (C=O) groups excluding carboxylic acids is 1. The van der Waals surface area contributed by atoms with Gasteiger partial charge in [-0.05, 0) is 73.2 Å². The Morgan fingerprint density at radius 2 is 1.81 bits per heavy atom. The minimum atomic E-state index is -0.291. The molecule has 0 radical (unpaired) electrons. The van der Waals surface area contributed by atoms with Gasteiger partial charge in [-0.1, -0.05) is 42.8 Å². The fourth-order valence-corrected chi connectivity index (χ4v) is 4.23. The molecular weight excluding hydrogens is 389 g/mol. The molecule has 4 rings (SSSR count). The van der Waals surface area contributed by atoms with Crippen LogP contribution in [-0.2, 0) is 17.9 Å². The number of nitrogens with zero attached hydrogens (tertiary/aromatic N) is 2. The van der Waals surface area contributed by atoms with Crippen molar-refractivity contribution in [3.05, 3.63) is 77.2 Å². The van der Waals surface area contributed by atoms with Gasteiger partial charge in [-0.3, -0.25) is 14.7 Å². The molecule has 4 nitrogen and oxygen atoms in total. The predicted molar refractivity (Wildman–Crippen MR) is 123 cm³/mol. The molecule has 0 atom stereocenters. The van der Waals surface area contributed by atoms with Crippen molar-refractivity contribution in [2.75, 3.05) is 13.1 Å². The average molecular weight is 420 g/mol. The van der Waals surface area contributed by atoms with Gasteiger partial charge in [0.05, 0.1) is 6.42 Å². The number of hydrogen-bond acceptors (Lipinski definition) is 3. The minimum Gasteiger partial charge on any atom is -0.352 e. The van der Waals surface area contributed by atoms with Gasteiger partial charge in [-0.25, -0.2) is 4.39 Å². The summed E-state index contributed by atoms with van der Waals surface area (Å²) in [6.07, 6.45) is 7.85. The number of benzene rings is 2. The van der Waals surface area contributed by atoms with E-state index in [1.54, 1.807) is 12.1 Å². The van der Waals surface area contributed by atoms with Crippen LogP contribution < -0.4 is 5.32 Å². The highest BCUT2D eigenvalue weighted by atomic mass is 19.1. The fourth-order valence-electron chi connectivity index (χ4n) is 4.23. The number of piperidine rings is 1. The van der Waals surface area contributed by atoms with E-state index in [0.717, 1.165) is 30.7 Å². The predicted octanol–water partition coefficient (Wildman–Crippen LogP) is 5.09. The zero-order chi connectivity index (χ0) is 21.5. The molecule has 2 aliphatic rings. The van der Waals surface area contributed by atoms with Crippen LogP contribution in [-0.4, -0.2) is 29.6 Å². The van der Waals surface area contributed by atoms with Gasteiger partial charge >= 0.3 is 0 Å². The number of likely N-dealkylation sites (tertiary alicyclic amines) is 1. The highest BCUT2D eigenvalue weighted by molar-refractivity contribution is 6.02. The molecule has 1 N–H and O–H groups in total. The minimum absolute atomic E-state index is 0.0815. The number of aliphatic imine (C=N–C) groups is 1. The highest BCUT2D eigenvalue weighted by Crippen LogP contribution is 2.25. The van der Waals surface area contributed by atoms with Crippen LogP contribution in [0, 0.1) is 5.82 Å². The number of hydrogen-bond donors (Lipinski definition) is 1. The van der Waals surface area contributed by atoms with Crippen molar-refractivity contribution in [1.82, 2.24) is 10.2 Å². The third-order valence-electron chi connectivity index (χ3n) is 6.01. The van der Waals surface area contributed by atoms with Gasteiger partial charge in [0.2, 0.25) is 5.91 Å². The highest BCUT2D eigenvalue weighted by Gasteiger charge is 2.14. The third-order valence-corrected chi connectivity index (χ3v) is 6.01. The molecule has 0 bridgehead atoms. The van der Waals surface area contributed by atoms with Gasteiger partial charge < -0.3 is 5.32 Å². The van der Waals surface area contributed by atoms with E-state index in [1.807, 2.05) is 6.20 Å². The summed E-state index contributed by atoms with van der Waals surface area (Å²) < 4.78 is 13.2. The molecule has 0 aliphatic carbocycles. The molecule has 1 fully saturated rings. The number of nitrogens with one attached hydrogen (secondary N) is 1. The van der Waals surface area contributed by atoms with E-state index in [9.17, 15) is 9.18 Å². The van der Waals surface area contributed by atoms with Crippen LogP contribution in [0.4, 0.5) is 4.39 Å². The van der Waals surface area contributed by atoms with Crippen LogP contribution in [0.1, 0.15) is 55.2 Å². The zero-order valence-corrected chi connectivity index (χ0v) is 17.9. The van der Waals surface area contributed by atoms with Crippen molar-refractivity contribution < 1.29 is 9.18 Å². The van der Waals surface area contributed by atoms with E-state index in [1.165, 1.54) is 61.2 Å². The van der Waals surface area contributed by atoms with Gasteiger partial charge in [0.15, 0.2) is 0 Å². The first kappa shape index (κ1) is 21.4. The maximum Gasteiger partial charge on any atom is 0.225 e. The normalized spacial score (nSPS) is 17.1. The molecule has 0 aromatic heterocycles. The first-order chi connectivity index (χ1) is 15.2. The maximum absolute atomic E-state index is 13.2. The van der Waals surface area contributed by atoms with Crippen LogP contribution in [0.2, 0.25) is 0 Å². The van der Waals surface area contributed by atoms with E-state index >= 15 is 0 Å². The Labute approximate surface area is 183 Å². The Bertz CT molecular complexity index is 959. The molecule has 1 amide bonds. The van der Waals surface area contributed by atoms with Crippen molar-refractivity contribution in [3.8, 4) is 0 Å². The van der Waals surface area contributed by atoms with Gasteiger partial charge in [0, 0.05) is 25.0 Å². The maximum atomic E-state index is 13.2. The summed E-state index contributed by atoms with van der Waals surface area (Å²) in [5.74, 6) is -0.373.